The predicted octanol–water partition coefficient (Wildman–Crippen LogP) is 3.04. The maximum absolute atomic E-state index is 9.00. The van der Waals surface area contributed by atoms with Crippen molar-refractivity contribution in [1.29, 1.82) is 0 Å². The van der Waals surface area contributed by atoms with Crippen LogP contribution >= 0.6 is 0 Å². The Morgan fingerprint density at radius 3 is 2.48 bits per heavy atom. The van der Waals surface area contributed by atoms with E-state index in [1.165, 1.54) is 0 Å². The Morgan fingerprint density at radius 2 is 1.83 bits per heavy atom. The van der Waals surface area contributed by atoms with E-state index in [-0.39, 0.29) is 0 Å². The second-order valence-corrected chi connectivity index (χ2v) is 4.93. The second-order valence-electron chi connectivity index (χ2n) is 4.93. The molecule has 120 valence electrons. The summed E-state index contributed by atoms with van der Waals surface area (Å²) in [4.78, 5) is 13.6. The van der Waals surface area contributed by atoms with Gasteiger partial charge in [0.05, 0.1) is 23.3 Å². The minimum absolute atomic E-state index is 0.628. The topological polar surface area (TPSA) is 111 Å². The molecular formula is C17H19N3O3. The summed E-state index contributed by atoms with van der Waals surface area (Å²) >= 11 is 0. The molecule has 2 aromatic carbocycles. The Bertz CT molecular complexity index is 858. The van der Waals surface area contributed by atoms with Crippen LogP contribution in [0.3, 0.4) is 0 Å². The van der Waals surface area contributed by atoms with Crippen LogP contribution in [0.2, 0.25) is 0 Å². The highest BCUT2D eigenvalue weighted by atomic mass is 16.5. The number of nitrogens with two attached hydrogens (primary N) is 2. The van der Waals surface area contributed by atoms with Crippen molar-refractivity contribution in [3.63, 3.8) is 0 Å². The van der Waals surface area contributed by atoms with Gasteiger partial charge >= 0.3 is 0 Å². The molecule has 6 heteroatoms. The maximum Gasteiger partial charge on any atom is 0.300 e. The van der Waals surface area contributed by atoms with Crippen LogP contribution in [-0.4, -0.2) is 22.7 Å². The number of hydrogen-bond donors (Lipinski definition) is 3. The molecule has 1 aromatic heterocycles. The molecule has 0 bridgehead atoms. The van der Waals surface area contributed by atoms with Gasteiger partial charge in [-0.05, 0) is 43.3 Å². The summed E-state index contributed by atoms with van der Waals surface area (Å²) < 4.78 is 5.50. The van der Waals surface area contributed by atoms with Gasteiger partial charge in [-0.2, -0.15) is 0 Å². The minimum atomic E-state index is -0.833. The zero-order valence-electron chi connectivity index (χ0n) is 13.0. The van der Waals surface area contributed by atoms with Gasteiger partial charge in [0.15, 0.2) is 0 Å². The number of nitrogen functional groups attached to an aromatic ring is 2. The lowest BCUT2D eigenvalue weighted by molar-refractivity contribution is -0.134. The highest BCUT2D eigenvalue weighted by Gasteiger charge is 2.07. The predicted molar refractivity (Wildman–Crippen MR) is 92.6 cm³/mol. The monoisotopic (exact) mass is 313 g/mol. The molecule has 0 atom stereocenters. The van der Waals surface area contributed by atoms with Crippen LogP contribution < -0.4 is 16.2 Å². The fraction of sp³-hybridized carbons (Fsp3) is 0.176. The summed E-state index contributed by atoms with van der Waals surface area (Å²) in [6, 6.07) is 11.3. The molecule has 1 heterocycles. The Labute approximate surface area is 133 Å². The number of benzene rings is 2. The van der Waals surface area contributed by atoms with Crippen molar-refractivity contribution < 1.29 is 14.6 Å². The number of ether oxygens (including phenoxy) is 1. The van der Waals surface area contributed by atoms with Crippen LogP contribution in [-0.2, 0) is 4.79 Å². The molecular weight excluding hydrogens is 294 g/mol. The third-order valence-corrected chi connectivity index (χ3v) is 3.12. The van der Waals surface area contributed by atoms with Crippen LogP contribution in [0.4, 0.5) is 11.4 Å². The van der Waals surface area contributed by atoms with Crippen molar-refractivity contribution in [2.24, 2.45) is 0 Å². The summed E-state index contributed by atoms with van der Waals surface area (Å²) in [5.74, 6) is -0.0294. The Balaban J connectivity index is 0.000000433. The van der Waals surface area contributed by atoms with Gasteiger partial charge in [0, 0.05) is 23.4 Å². The first-order valence-corrected chi connectivity index (χ1v) is 7.13. The maximum atomic E-state index is 9.00. The second kappa shape index (κ2) is 6.83. The van der Waals surface area contributed by atoms with Crippen molar-refractivity contribution in [2.45, 2.75) is 13.8 Å². The number of anilines is 2. The zero-order valence-corrected chi connectivity index (χ0v) is 13.0. The highest BCUT2D eigenvalue weighted by Crippen LogP contribution is 2.31. The number of nitrogens with zero attached hydrogens (tertiary/aromatic N) is 1. The molecule has 23 heavy (non-hydrogen) atoms. The van der Waals surface area contributed by atoms with Gasteiger partial charge in [-0.3, -0.25) is 4.79 Å². The van der Waals surface area contributed by atoms with Gasteiger partial charge < -0.3 is 21.3 Å². The first-order valence-electron chi connectivity index (χ1n) is 7.13. The SMILES string of the molecule is CC(=O)O.CCOc1ccc2nc3cc(N)ccc3c(N)c2c1. The summed E-state index contributed by atoms with van der Waals surface area (Å²) in [6.07, 6.45) is 0. The van der Waals surface area contributed by atoms with E-state index in [1.54, 1.807) is 0 Å². The molecule has 0 saturated heterocycles. The van der Waals surface area contributed by atoms with E-state index in [1.807, 2.05) is 43.3 Å². The van der Waals surface area contributed by atoms with Crippen LogP contribution in [0.1, 0.15) is 13.8 Å². The molecule has 5 N–H and O–H groups in total. The lowest BCUT2D eigenvalue weighted by Gasteiger charge is -2.09. The van der Waals surface area contributed by atoms with E-state index in [9.17, 15) is 0 Å². The van der Waals surface area contributed by atoms with Gasteiger partial charge in [0.2, 0.25) is 0 Å². The standard InChI is InChI=1S/C15H15N3O.C2H4O2/c1-2-19-10-4-6-13-12(8-10)15(17)11-5-3-9(16)7-14(11)18-13;1-2(3)4/h3-8H,2,16H2,1H3,(H2,17,18);1H3,(H,3,4). The van der Waals surface area contributed by atoms with Crippen LogP contribution in [0.5, 0.6) is 5.75 Å². The summed E-state index contributed by atoms with van der Waals surface area (Å²) in [5.41, 5.74) is 15.1. The van der Waals surface area contributed by atoms with Crippen LogP contribution in [0.25, 0.3) is 21.8 Å². The van der Waals surface area contributed by atoms with Gasteiger partial charge in [0.25, 0.3) is 5.97 Å². The molecule has 0 radical (unpaired) electrons. The molecule has 3 rings (SSSR count). The molecule has 0 spiro atoms. The number of aromatic nitrogens is 1. The zero-order chi connectivity index (χ0) is 17.0. The fourth-order valence-corrected chi connectivity index (χ4v) is 2.23. The summed E-state index contributed by atoms with van der Waals surface area (Å²) in [7, 11) is 0. The lowest BCUT2D eigenvalue weighted by atomic mass is 10.1. The molecule has 6 nitrogen and oxygen atoms in total. The van der Waals surface area contributed by atoms with E-state index in [0.29, 0.717) is 18.0 Å². The van der Waals surface area contributed by atoms with Crippen LogP contribution in [0.15, 0.2) is 36.4 Å². The van der Waals surface area contributed by atoms with Crippen molar-refractivity contribution in [3.8, 4) is 5.75 Å². The first-order chi connectivity index (χ1) is 10.9. The van der Waals surface area contributed by atoms with E-state index >= 15 is 0 Å². The Morgan fingerprint density at radius 1 is 1.13 bits per heavy atom. The van der Waals surface area contributed by atoms with E-state index < -0.39 is 5.97 Å². The third kappa shape index (κ3) is 3.79. The molecule has 0 fully saturated rings. The van der Waals surface area contributed by atoms with E-state index in [4.69, 9.17) is 26.1 Å². The van der Waals surface area contributed by atoms with Gasteiger partial charge in [-0.25, -0.2) is 4.98 Å². The first kappa shape index (κ1) is 16.4. The van der Waals surface area contributed by atoms with Gasteiger partial charge in [-0.1, -0.05) is 0 Å². The number of pyridine rings is 1. The molecule has 0 saturated carbocycles. The number of hydrogen-bond acceptors (Lipinski definition) is 5. The van der Waals surface area contributed by atoms with Gasteiger partial charge in [-0.15, -0.1) is 0 Å². The number of aliphatic carboxylic acids is 1. The third-order valence-electron chi connectivity index (χ3n) is 3.12. The van der Waals surface area contributed by atoms with E-state index in [2.05, 4.69) is 4.98 Å². The van der Waals surface area contributed by atoms with Gasteiger partial charge in [0.1, 0.15) is 5.75 Å². The fourth-order valence-electron chi connectivity index (χ4n) is 2.23. The normalized spacial score (nSPS) is 10.2. The Hall–Kier alpha value is -3.02. The minimum Gasteiger partial charge on any atom is -0.494 e. The molecule has 0 aliphatic rings. The van der Waals surface area contributed by atoms with Crippen molar-refractivity contribution in [1.82, 2.24) is 4.98 Å². The largest absolute Gasteiger partial charge is 0.494 e. The van der Waals surface area contributed by atoms with Crippen molar-refractivity contribution >= 4 is 39.1 Å². The average Bonchev–Trinajstić information content (AvgIpc) is 2.47. The summed E-state index contributed by atoms with van der Waals surface area (Å²) in [6.45, 7) is 3.66. The molecule has 0 unspecified atom stereocenters. The molecule has 0 aliphatic heterocycles. The number of carbonyl (C=O) groups is 1. The van der Waals surface area contributed by atoms with Crippen molar-refractivity contribution in [3.05, 3.63) is 36.4 Å². The highest BCUT2D eigenvalue weighted by molar-refractivity contribution is 6.07. The quantitative estimate of drug-likeness (QED) is 0.495. The molecule has 0 amide bonds. The lowest BCUT2D eigenvalue weighted by Crippen LogP contribution is -1.96. The number of carboxylic acid groups (broad SMARTS) is 1. The van der Waals surface area contributed by atoms with E-state index in [0.717, 1.165) is 34.5 Å². The smallest absolute Gasteiger partial charge is 0.300 e. The Kier molecular flexibility index (Phi) is 4.85. The number of fused-ring (bicyclic) bond motifs is 2. The molecule has 3 aromatic rings. The molecule has 0 aliphatic carbocycles. The van der Waals surface area contributed by atoms with Crippen LogP contribution in [0, 0.1) is 0 Å². The number of carboxylic acids is 1. The number of rotatable bonds is 2. The van der Waals surface area contributed by atoms with Crippen molar-refractivity contribution in [2.75, 3.05) is 18.1 Å². The average molecular weight is 313 g/mol. The summed E-state index contributed by atoms with van der Waals surface area (Å²) in [5, 5.41) is 9.23.